The van der Waals surface area contributed by atoms with Crippen molar-refractivity contribution in [3.8, 4) is 17.2 Å². The van der Waals surface area contributed by atoms with Crippen molar-refractivity contribution < 1.29 is 14.3 Å². The molecule has 158 valence electrons. The Labute approximate surface area is 184 Å². The molecule has 0 spiro atoms. The Morgan fingerprint density at radius 1 is 1.00 bits per heavy atom. The molecule has 1 heterocycles. The Hall–Kier alpha value is -4.44. The van der Waals surface area contributed by atoms with Gasteiger partial charge in [-0.1, -0.05) is 60.7 Å². The number of ether oxygens (including phenoxy) is 1. The van der Waals surface area contributed by atoms with Crippen molar-refractivity contribution in [2.45, 2.75) is 13.0 Å². The Bertz CT molecular complexity index is 1300. The number of nitrogens with zero attached hydrogens (tertiary/aromatic N) is 2. The van der Waals surface area contributed by atoms with Gasteiger partial charge in [-0.2, -0.15) is 10.4 Å². The highest BCUT2D eigenvalue weighted by atomic mass is 16.5. The van der Waals surface area contributed by atoms with E-state index in [-0.39, 0.29) is 25.5 Å². The van der Waals surface area contributed by atoms with Crippen LogP contribution in [0.25, 0.3) is 22.0 Å². The molecule has 3 aromatic carbocycles. The van der Waals surface area contributed by atoms with Crippen LogP contribution in [0.15, 0.2) is 72.8 Å². The minimum atomic E-state index is -0.406. The van der Waals surface area contributed by atoms with Crippen LogP contribution in [0.3, 0.4) is 0 Å². The quantitative estimate of drug-likeness (QED) is 0.437. The maximum Gasteiger partial charge on any atom is 0.307 e. The molecular weight excluding hydrogens is 404 g/mol. The lowest BCUT2D eigenvalue weighted by Crippen LogP contribution is -2.27. The number of nitriles is 1. The number of benzene rings is 3. The SMILES string of the molecule is N#Cc1ccccc1-c1ccc(COC(=O)CCNC(=O)c2n[nH]c3ccccc23)cc1. The monoisotopic (exact) mass is 424 g/mol. The summed E-state index contributed by atoms with van der Waals surface area (Å²) in [6, 6.07) is 24.4. The second-order valence-electron chi connectivity index (χ2n) is 7.14. The van der Waals surface area contributed by atoms with Gasteiger partial charge in [-0.05, 0) is 28.8 Å². The first kappa shape index (κ1) is 20.8. The number of rotatable bonds is 7. The van der Waals surface area contributed by atoms with Gasteiger partial charge in [0.05, 0.1) is 23.6 Å². The summed E-state index contributed by atoms with van der Waals surface area (Å²) in [5, 5.41) is 19.5. The van der Waals surface area contributed by atoms with Crippen molar-refractivity contribution in [2.75, 3.05) is 6.54 Å². The highest BCUT2D eigenvalue weighted by molar-refractivity contribution is 6.04. The van der Waals surface area contributed by atoms with Crippen LogP contribution in [-0.4, -0.2) is 28.6 Å². The molecule has 4 rings (SSSR count). The molecule has 0 aliphatic heterocycles. The third-order valence-electron chi connectivity index (χ3n) is 5.01. The zero-order valence-electron chi connectivity index (χ0n) is 17.2. The molecule has 7 heteroatoms. The fraction of sp³-hybridized carbons (Fsp3) is 0.120. The van der Waals surface area contributed by atoms with Gasteiger partial charge in [0, 0.05) is 11.9 Å². The van der Waals surface area contributed by atoms with Crippen molar-refractivity contribution >= 4 is 22.8 Å². The summed E-state index contributed by atoms with van der Waals surface area (Å²) >= 11 is 0. The highest BCUT2D eigenvalue weighted by Crippen LogP contribution is 2.23. The van der Waals surface area contributed by atoms with Gasteiger partial charge in [0.2, 0.25) is 0 Å². The van der Waals surface area contributed by atoms with E-state index in [1.54, 1.807) is 6.07 Å². The predicted molar refractivity (Wildman–Crippen MR) is 119 cm³/mol. The number of aromatic nitrogens is 2. The Morgan fingerprint density at radius 3 is 2.56 bits per heavy atom. The van der Waals surface area contributed by atoms with E-state index in [1.807, 2.05) is 66.7 Å². The van der Waals surface area contributed by atoms with Gasteiger partial charge in [-0.25, -0.2) is 0 Å². The first-order valence-corrected chi connectivity index (χ1v) is 10.1. The van der Waals surface area contributed by atoms with Crippen LogP contribution in [-0.2, 0) is 16.1 Å². The summed E-state index contributed by atoms with van der Waals surface area (Å²) < 4.78 is 5.30. The highest BCUT2D eigenvalue weighted by Gasteiger charge is 2.14. The van der Waals surface area contributed by atoms with Gasteiger partial charge in [0.25, 0.3) is 5.91 Å². The molecule has 1 amide bonds. The summed E-state index contributed by atoms with van der Waals surface area (Å²) in [6.07, 6.45) is 0.0573. The second kappa shape index (κ2) is 9.58. The van der Waals surface area contributed by atoms with Crippen LogP contribution in [0.4, 0.5) is 0 Å². The summed E-state index contributed by atoms with van der Waals surface area (Å²) in [7, 11) is 0. The average molecular weight is 424 g/mol. The van der Waals surface area contributed by atoms with E-state index in [0.717, 1.165) is 27.6 Å². The molecule has 0 aliphatic carbocycles. The lowest BCUT2D eigenvalue weighted by molar-refractivity contribution is -0.144. The zero-order valence-corrected chi connectivity index (χ0v) is 17.2. The van der Waals surface area contributed by atoms with Crippen molar-refractivity contribution in [3.05, 3.63) is 89.6 Å². The van der Waals surface area contributed by atoms with Gasteiger partial charge < -0.3 is 10.1 Å². The van der Waals surface area contributed by atoms with Crippen molar-refractivity contribution in [3.63, 3.8) is 0 Å². The fourth-order valence-electron chi connectivity index (χ4n) is 3.35. The first-order chi connectivity index (χ1) is 15.7. The van der Waals surface area contributed by atoms with Crippen molar-refractivity contribution in [1.82, 2.24) is 15.5 Å². The number of amides is 1. The number of nitrogens with one attached hydrogen (secondary N) is 2. The Kier molecular flexibility index (Phi) is 6.23. The van der Waals surface area contributed by atoms with E-state index in [2.05, 4.69) is 21.6 Å². The van der Waals surface area contributed by atoms with E-state index < -0.39 is 5.97 Å². The standard InChI is InChI=1S/C25H20N4O3/c26-15-19-5-1-2-6-20(19)18-11-9-17(10-12-18)16-32-23(30)13-14-27-25(31)24-21-7-3-4-8-22(21)28-29-24/h1-12H,13-14,16H2,(H,27,31)(H,28,29). The summed E-state index contributed by atoms with van der Waals surface area (Å²) in [5.74, 6) is -0.750. The van der Waals surface area contributed by atoms with E-state index >= 15 is 0 Å². The number of hydrogen-bond donors (Lipinski definition) is 2. The maximum atomic E-state index is 12.3. The molecule has 0 saturated carbocycles. The van der Waals surface area contributed by atoms with E-state index in [0.29, 0.717) is 11.3 Å². The van der Waals surface area contributed by atoms with E-state index in [4.69, 9.17) is 4.74 Å². The smallest absolute Gasteiger partial charge is 0.307 e. The number of fused-ring (bicyclic) bond motifs is 1. The zero-order chi connectivity index (χ0) is 22.3. The Morgan fingerprint density at radius 2 is 1.75 bits per heavy atom. The Balaban J connectivity index is 1.25. The molecule has 0 radical (unpaired) electrons. The van der Waals surface area contributed by atoms with Gasteiger partial charge in [0.15, 0.2) is 5.69 Å². The molecule has 1 aromatic heterocycles. The largest absolute Gasteiger partial charge is 0.461 e. The van der Waals surface area contributed by atoms with Crippen molar-refractivity contribution in [2.24, 2.45) is 0 Å². The fourth-order valence-corrected chi connectivity index (χ4v) is 3.35. The van der Waals surface area contributed by atoms with Crippen LogP contribution >= 0.6 is 0 Å². The summed E-state index contributed by atoms with van der Waals surface area (Å²) in [4.78, 5) is 24.3. The van der Waals surface area contributed by atoms with Crippen LogP contribution < -0.4 is 5.32 Å². The molecule has 0 saturated heterocycles. The van der Waals surface area contributed by atoms with Crippen LogP contribution in [0, 0.1) is 11.3 Å². The molecule has 0 aliphatic rings. The summed E-state index contributed by atoms with van der Waals surface area (Å²) in [6.45, 7) is 0.291. The van der Waals surface area contributed by atoms with Crippen LogP contribution in [0.5, 0.6) is 0 Å². The van der Waals surface area contributed by atoms with Gasteiger partial charge in [0.1, 0.15) is 6.61 Å². The van der Waals surface area contributed by atoms with Crippen molar-refractivity contribution in [1.29, 1.82) is 5.26 Å². The molecule has 0 fully saturated rings. The topological polar surface area (TPSA) is 108 Å². The molecule has 32 heavy (non-hydrogen) atoms. The third kappa shape index (κ3) is 4.65. The molecule has 2 N–H and O–H groups in total. The number of hydrogen-bond acceptors (Lipinski definition) is 5. The number of aromatic amines is 1. The first-order valence-electron chi connectivity index (χ1n) is 10.1. The molecule has 7 nitrogen and oxygen atoms in total. The lowest BCUT2D eigenvalue weighted by atomic mass is 9.99. The van der Waals surface area contributed by atoms with Crippen LogP contribution in [0.1, 0.15) is 28.0 Å². The molecule has 0 unspecified atom stereocenters. The number of esters is 1. The van der Waals surface area contributed by atoms with E-state index in [1.165, 1.54) is 0 Å². The lowest BCUT2D eigenvalue weighted by Gasteiger charge is -2.08. The third-order valence-corrected chi connectivity index (χ3v) is 5.01. The van der Waals surface area contributed by atoms with E-state index in [9.17, 15) is 14.9 Å². The second-order valence-corrected chi connectivity index (χ2v) is 7.14. The number of carbonyl (C=O) groups excluding carboxylic acids is 2. The number of para-hydroxylation sites is 1. The van der Waals surface area contributed by atoms with Gasteiger partial charge in [-0.15, -0.1) is 0 Å². The normalized spacial score (nSPS) is 10.5. The molecule has 0 atom stereocenters. The minimum Gasteiger partial charge on any atom is -0.461 e. The maximum absolute atomic E-state index is 12.3. The van der Waals surface area contributed by atoms with Gasteiger partial charge in [-0.3, -0.25) is 14.7 Å². The number of H-pyrrole nitrogens is 1. The minimum absolute atomic E-state index is 0.0573. The average Bonchev–Trinajstić information content (AvgIpc) is 3.27. The predicted octanol–water partition coefficient (Wildman–Crippen LogP) is 3.96. The molecule has 0 bridgehead atoms. The molecule has 4 aromatic rings. The van der Waals surface area contributed by atoms with Gasteiger partial charge >= 0.3 is 5.97 Å². The number of carbonyl (C=O) groups is 2. The molecular formula is C25H20N4O3. The van der Waals surface area contributed by atoms with Crippen LogP contribution in [0.2, 0.25) is 0 Å². The summed E-state index contributed by atoms with van der Waals surface area (Å²) in [5.41, 5.74) is 4.30.